The summed E-state index contributed by atoms with van der Waals surface area (Å²) < 4.78 is 24.3. The highest BCUT2D eigenvalue weighted by molar-refractivity contribution is 7.80. The van der Waals surface area contributed by atoms with Crippen molar-refractivity contribution in [2.75, 3.05) is 19.1 Å². The van der Waals surface area contributed by atoms with Gasteiger partial charge < -0.3 is 14.8 Å². The summed E-state index contributed by atoms with van der Waals surface area (Å²) in [6, 6.07) is 12.9. The molecule has 1 heterocycles. The normalized spacial score (nSPS) is 16.6. The van der Waals surface area contributed by atoms with Crippen molar-refractivity contribution in [3.8, 4) is 5.75 Å². The van der Waals surface area contributed by atoms with Gasteiger partial charge in [-0.1, -0.05) is 31.2 Å². The summed E-state index contributed by atoms with van der Waals surface area (Å²) in [5.74, 6) is -0.272. The van der Waals surface area contributed by atoms with E-state index in [1.807, 2.05) is 31.2 Å². The molecule has 28 heavy (non-hydrogen) atoms. The molecule has 5 nitrogen and oxygen atoms in total. The molecule has 1 aliphatic rings. The van der Waals surface area contributed by atoms with Crippen molar-refractivity contribution >= 4 is 29.0 Å². The van der Waals surface area contributed by atoms with Gasteiger partial charge in [-0.15, -0.1) is 0 Å². The number of benzene rings is 2. The monoisotopic (exact) mass is 400 g/mol. The van der Waals surface area contributed by atoms with Crippen LogP contribution in [0.2, 0.25) is 0 Å². The lowest BCUT2D eigenvalue weighted by molar-refractivity contribution is -0.136. The number of anilines is 1. The van der Waals surface area contributed by atoms with Gasteiger partial charge in [0.25, 0.3) is 0 Å². The average Bonchev–Trinajstić information content (AvgIpc) is 2.72. The van der Waals surface area contributed by atoms with Crippen LogP contribution in [-0.4, -0.2) is 25.3 Å². The molecule has 1 aliphatic heterocycles. The van der Waals surface area contributed by atoms with Crippen molar-refractivity contribution in [2.45, 2.75) is 19.4 Å². The second kappa shape index (κ2) is 8.39. The van der Waals surface area contributed by atoms with E-state index in [9.17, 15) is 9.18 Å². The first-order valence-corrected chi connectivity index (χ1v) is 9.23. The number of allylic oxidation sites excluding steroid dienone is 1. The van der Waals surface area contributed by atoms with Gasteiger partial charge in [0, 0.05) is 5.70 Å². The number of thiocarbonyl (C=S) groups is 1. The van der Waals surface area contributed by atoms with Crippen LogP contribution < -0.4 is 15.0 Å². The minimum absolute atomic E-state index is 0.384. The number of nitrogens with one attached hydrogen (secondary N) is 1. The Bertz CT molecular complexity index is 945. The molecule has 0 aromatic heterocycles. The number of esters is 1. The Morgan fingerprint density at radius 1 is 1.21 bits per heavy atom. The predicted molar refractivity (Wildman–Crippen MR) is 110 cm³/mol. The fraction of sp³-hybridized carbons (Fsp3) is 0.238. The van der Waals surface area contributed by atoms with Gasteiger partial charge in [-0.05, 0) is 48.5 Å². The molecule has 0 unspecified atom stereocenters. The number of methoxy groups -OCH3 is 2. The Hall–Kier alpha value is -2.93. The van der Waals surface area contributed by atoms with E-state index in [4.69, 9.17) is 21.7 Å². The standard InChI is InChI=1S/C21H21FN2O3S/c1-4-15-18(20(25)27-3)19(13-8-7-9-14(22)12-13)23-21(28)24(15)16-10-5-6-11-17(16)26-2/h5-12,19H,4H2,1-3H3,(H,23,28)/t19-/m1/s1. The molecule has 146 valence electrons. The molecule has 0 radical (unpaired) electrons. The third-order valence-electron chi connectivity index (χ3n) is 4.59. The minimum Gasteiger partial charge on any atom is -0.495 e. The summed E-state index contributed by atoms with van der Waals surface area (Å²) in [6.07, 6.45) is 0.510. The molecule has 0 saturated carbocycles. The van der Waals surface area contributed by atoms with Gasteiger partial charge in [0.05, 0.1) is 31.5 Å². The Balaban J connectivity index is 2.23. The number of hydrogen-bond acceptors (Lipinski definition) is 4. The Labute approximate surface area is 168 Å². The summed E-state index contributed by atoms with van der Waals surface area (Å²) in [4.78, 5) is 14.5. The maximum Gasteiger partial charge on any atom is 0.337 e. The first-order valence-electron chi connectivity index (χ1n) is 8.82. The van der Waals surface area contributed by atoms with E-state index in [0.717, 1.165) is 0 Å². The predicted octanol–water partition coefficient (Wildman–Crippen LogP) is 4.11. The lowest BCUT2D eigenvalue weighted by Crippen LogP contribution is -2.48. The number of ether oxygens (including phenoxy) is 2. The highest BCUT2D eigenvalue weighted by Gasteiger charge is 2.37. The van der Waals surface area contributed by atoms with Gasteiger partial charge in [-0.3, -0.25) is 4.90 Å². The van der Waals surface area contributed by atoms with Crippen LogP contribution in [0.1, 0.15) is 24.9 Å². The van der Waals surface area contributed by atoms with Gasteiger partial charge in [-0.2, -0.15) is 0 Å². The molecule has 1 atom stereocenters. The minimum atomic E-state index is -0.614. The molecular weight excluding hydrogens is 379 g/mol. The third-order valence-corrected chi connectivity index (χ3v) is 4.89. The van der Waals surface area contributed by atoms with Crippen LogP contribution in [0.5, 0.6) is 5.75 Å². The summed E-state index contributed by atoms with van der Waals surface area (Å²) in [5, 5.41) is 3.56. The summed E-state index contributed by atoms with van der Waals surface area (Å²) >= 11 is 5.62. The van der Waals surface area contributed by atoms with Crippen molar-refractivity contribution in [1.29, 1.82) is 0 Å². The smallest absolute Gasteiger partial charge is 0.337 e. The van der Waals surface area contributed by atoms with Crippen molar-refractivity contribution in [3.05, 3.63) is 71.2 Å². The Kier molecular flexibility index (Phi) is 5.94. The molecule has 0 saturated heterocycles. The molecule has 0 fully saturated rings. The van der Waals surface area contributed by atoms with Crippen LogP contribution in [0.3, 0.4) is 0 Å². The molecule has 0 amide bonds. The van der Waals surface area contributed by atoms with Crippen molar-refractivity contribution in [2.24, 2.45) is 0 Å². The second-order valence-electron chi connectivity index (χ2n) is 6.15. The average molecular weight is 400 g/mol. The first kappa shape index (κ1) is 19.8. The van der Waals surface area contributed by atoms with Gasteiger partial charge in [0.15, 0.2) is 5.11 Å². The largest absolute Gasteiger partial charge is 0.495 e. The van der Waals surface area contributed by atoms with Crippen LogP contribution in [0.4, 0.5) is 10.1 Å². The summed E-state index contributed by atoms with van der Waals surface area (Å²) in [5.41, 5.74) is 2.36. The highest BCUT2D eigenvalue weighted by Crippen LogP contribution is 2.39. The maximum absolute atomic E-state index is 13.8. The topological polar surface area (TPSA) is 50.8 Å². The van der Waals surface area contributed by atoms with Gasteiger partial charge in [-0.25, -0.2) is 9.18 Å². The molecule has 0 spiro atoms. The zero-order valence-corrected chi connectivity index (χ0v) is 16.7. The molecule has 2 aromatic rings. The molecule has 2 aromatic carbocycles. The summed E-state index contributed by atoms with van der Waals surface area (Å²) in [6.45, 7) is 1.93. The first-order chi connectivity index (χ1) is 13.5. The number of hydrogen-bond donors (Lipinski definition) is 1. The number of para-hydroxylation sites is 2. The fourth-order valence-electron chi connectivity index (χ4n) is 3.37. The van der Waals surface area contributed by atoms with Gasteiger partial charge >= 0.3 is 5.97 Å². The van der Waals surface area contributed by atoms with Gasteiger partial charge in [0.1, 0.15) is 11.6 Å². The number of halogens is 1. The lowest BCUT2D eigenvalue weighted by atomic mass is 9.93. The number of rotatable bonds is 5. The van der Waals surface area contributed by atoms with E-state index in [1.54, 1.807) is 24.1 Å². The lowest BCUT2D eigenvalue weighted by Gasteiger charge is -2.38. The van der Waals surface area contributed by atoms with E-state index in [1.165, 1.54) is 19.2 Å². The van der Waals surface area contributed by atoms with Crippen LogP contribution in [0, 0.1) is 5.82 Å². The van der Waals surface area contributed by atoms with Crippen LogP contribution >= 0.6 is 12.2 Å². The molecular formula is C21H21FN2O3S. The van der Waals surface area contributed by atoms with Crippen LogP contribution in [0.15, 0.2) is 59.8 Å². The van der Waals surface area contributed by atoms with Crippen molar-refractivity contribution in [3.63, 3.8) is 0 Å². The van der Waals surface area contributed by atoms with Crippen molar-refractivity contribution in [1.82, 2.24) is 5.32 Å². The van der Waals surface area contributed by atoms with Crippen LogP contribution in [-0.2, 0) is 9.53 Å². The molecule has 0 bridgehead atoms. The van der Waals surface area contributed by atoms with E-state index >= 15 is 0 Å². The zero-order valence-electron chi connectivity index (χ0n) is 15.9. The SMILES string of the molecule is CCC1=C(C(=O)OC)[C@@H](c2cccc(F)c2)NC(=S)N1c1ccccc1OC. The quantitative estimate of drug-likeness (QED) is 0.602. The van der Waals surface area contributed by atoms with E-state index in [0.29, 0.717) is 39.8 Å². The number of carbonyl (C=O) groups is 1. The molecule has 7 heteroatoms. The molecule has 3 rings (SSSR count). The van der Waals surface area contributed by atoms with Gasteiger partial charge in [0.2, 0.25) is 0 Å². The van der Waals surface area contributed by atoms with Crippen LogP contribution in [0.25, 0.3) is 0 Å². The molecule has 1 N–H and O–H groups in total. The van der Waals surface area contributed by atoms with E-state index < -0.39 is 12.0 Å². The zero-order chi connectivity index (χ0) is 20.3. The fourth-order valence-corrected chi connectivity index (χ4v) is 3.70. The maximum atomic E-state index is 13.8. The van der Waals surface area contributed by atoms with Crippen molar-refractivity contribution < 1.29 is 18.7 Å². The number of nitrogens with zero attached hydrogens (tertiary/aromatic N) is 1. The summed E-state index contributed by atoms with van der Waals surface area (Å²) in [7, 11) is 2.90. The third kappa shape index (κ3) is 3.57. The number of carbonyl (C=O) groups excluding carboxylic acids is 1. The Morgan fingerprint density at radius 2 is 1.96 bits per heavy atom. The molecule has 0 aliphatic carbocycles. The van der Waals surface area contributed by atoms with E-state index in [2.05, 4.69) is 5.32 Å². The van der Waals surface area contributed by atoms with E-state index in [-0.39, 0.29) is 5.82 Å². The second-order valence-corrected chi connectivity index (χ2v) is 6.54. The Morgan fingerprint density at radius 3 is 2.61 bits per heavy atom. The highest BCUT2D eigenvalue weighted by atomic mass is 32.1.